The lowest BCUT2D eigenvalue weighted by molar-refractivity contribution is 0.102. The molecule has 0 aliphatic carbocycles. The van der Waals surface area contributed by atoms with Gasteiger partial charge in [-0.05, 0) is 19.1 Å². The van der Waals surface area contributed by atoms with E-state index in [2.05, 4.69) is 20.4 Å². The van der Waals surface area contributed by atoms with Crippen molar-refractivity contribution in [3.8, 4) is 0 Å². The van der Waals surface area contributed by atoms with E-state index in [1.54, 1.807) is 38.4 Å². The highest BCUT2D eigenvalue weighted by molar-refractivity contribution is 6.01. The standard InChI is InChI=1S/C10H11N5O/c1-7-12-10(15(2)14-7)13-9(16)8-5-3-4-6-11-8/h3-6H,1-2H3,(H,12,13,14,16). The average Bonchev–Trinajstić information content (AvgIpc) is 2.59. The summed E-state index contributed by atoms with van der Waals surface area (Å²) in [6.45, 7) is 1.76. The molecule has 0 aliphatic rings. The van der Waals surface area contributed by atoms with E-state index in [0.29, 0.717) is 17.5 Å². The Morgan fingerprint density at radius 3 is 2.81 bits per heavy atom. The van der Waals surface area contributed by atoms with Crippen LogP contribution in [0.5, 0.6) is 0 Å². The van der Waals surface area contributed by atoms with E-state index in [-0.39, 0.29) is 5.91 Å². The topological polar surface area (TPSA) is 72.7 Å². The molecule has 0 aliphatic heterocycles. The zero-order chi connectivity index (χ0) is 11.5. The van der Waals surface area contributed by atoms with Crippen LogP contribution in [0, 0.1) is 6.92 Å². The van der Waals surface area contributed by atoms with Crippen molar-refractivity contribution >= 4 is 11.9 Å². The van der Waals surface area contributed by atoms with Gasteiger partial charge in [0.15, 0.2) is 0 Å². The Morgan fingerprint density at radius 1 is 1.44 bits per heavy atom. The highest BCUT2D eigenvalue weighted by Crippen LogP contribution is 2.04. The molecule has 0 unspecified atom stereocenters. The van der Waals surface area contributed by atoms with E-state index in [9.17, 15) is 4.79 Å². The van der Waals surface area contributed by atoms with Gasteiger partial charge >= 0.3 is 0 Å². The third-order valence-corrected chi connectivity index (χ3v) is 1.99. The zero-order valence-corrected chi connectivity index (χ0v) is 9.01. The summed E-state index contributed by atoms with van der Waals surface area (Å²) in [5.74, 6) is 0.725. The Hall–Kier alpha value is -2.24. The van der Waals surface area contributed by atoms with E-state index in [4.69, 9.17) is 0 Å². The van der Waals surface area contributed by atoms with Gasteiger partial charge in [-0.3, -0.25) is 15.1 Å². The Labute approximate surface area is 92.3 Å². The minimum absolute atomic E-state index is 0.295. The highest BCUT2D eigenvalue weighted by atomic mass is 16.2. The molecule has 82 valence electrons. The van der Waals surface area contributed by atoms with Gasteiger partial charge in [0.05, 0.1) is 0 Å². The van der Waals surface area contributed by atoms with Gasteiger partial charge in [-0.25, -0.2) is 4.68 Å². The molecule has 0 saturated carbocycles. The second-order valence-corrected chi connectivity index (χ2v) is 3.28. The Kier molecular flexibility index (Phi) is 2.63. The predicted molar refractivity (Wildman–Crippen MR) is 57.9 cm³/mol. The molecule has 1 N–H and O–H groups in total. The fourth-order valence-corrected chi connectivity index (χ4v) is 1.28. The molecule has 2 aromatic heterocycles. The molecule has 0 saturated heterocycles. The van der Waals surface area contributed by atoms with Gasteiger partial charge in [0.1, 0.15) is 11.5 Å². The SMILES string of the molecule is Cc1nc(NC(=O)c2ccccn2)n(C)n1. The molecule has 2 heterocycles. The molecule has 6 heteroatoms. The summed E-state index contributed by atoms with van der Waals surface area (Å²) in [4.78, 5) is 19.7. The van der Waals surface area contributed by atoms with E-state index in [1.807, 2.05) is 0 Å². The fourth-order valence-electron chi connectivity index (χ4n) is 1.28. The lowest BCUT2D eigenvalue weighted by Gasteiger charge is -2.02. The van der Waals surface area contributed by atoms with Crippen LogP contribution in [-0.2, 0) is 7.05 Å². The lowest BCUT2D eigenvalue weighted by Crippen LogP contribution is -2.16. The first-order chi connectivity index (χ1) is 7.66. The molecule has 2 aromatic rings. The molecule has 6 nitrogen and oxygen atoms in total. The number of carbonyl (C=O) groups excluding carboxylic acids is 1. The van der Waals surface area contributed by atoms with E-state index >= 15 is 0 Å². The number of hydrogen-bond acceptors (Lipinski definition) is 4. The van der Waals surface area contributed by atoms with Gasteiger partial charge < -0.3 is 0 Å². The number of hydrogen-bond donors (Lipinski definition) is 1. The third-order valence-electron chi connectivity index (χ3n) is 1.99. The molecule has 2 rings (SSSR count). The Bertz CT molecular complexity index is 505. The van der Waals surface area contributed by atoms with Gasteiger partial charge in [0.2, 0.25) is 5.95 Å². The fraction of sp³-hybridized carbons (Fsp3) is 0.200. The highest BCUT2D eigenvalue weighted by Gasteiger charge is 2.10. The molecule has 1 amide bonds. The molecular weight excluding hydrogens is 206 g/mol. The molecule has 0 atom stereocenters. The summed E-state index contributed by atoms with van der Waals surface area (Å²) in [5, 5.41) is 6.66. The predicted octanol–water partition coefficient (Wildman–Crippen LogP) is 0.771. The first kappa shape index (κ1) is 10.3. The quantitative estimate of drug-likeness (QED) is 0.806. The van der Waals surface area contributed by atoms with Crippen molar-refractivity contribution in [2.75, 3.05) is 5.32 Å². The van der Waals surface area contributed by atoms with Crippen LogP contribution in [0.4, 0.5) is 5.95 Å². The number of rotatable bonds is 2. The molecule has 0 radical (unpaired) electrons. The molecule has 0 bridgehead atoms. The van der Waals surface area contributed by atoms with Crippen LogP contribution in [0.15, 0.2) is 24.4 Å². The van der Waals surface area contributed by atoms with Crippen molar-refractivity contribution in [1.29, 1.82) is 0 Å². The summed E-state index contributed by atoms with van der Waals surface area (Å²) in [6, 6.07) is 5.14. The van der Waals surface area contributed by atoms with Crippen LogP contribution < -0.4 is 5.32 Å². The minimum atomic E-state index is -0.295. The van der Waals surface area contributed by atoms with Gasteiger partial charge in [-0.15, -0.1) is 0 Å². The maximum atomic E-state index is 11.7. The summed E-state index contributed by atoms with van der Waals surface area (Å²) in [7, 11) is 1.72. The van der Waals surface area contributed by atoms with Crippen molar-refractivity contribution in [3.05, 3.63) is 35.9 Å². The molecule has 0 fully saturated rings. The van der Waals surface area contributed by atoms with Gasteiger partial charge in [0.25, 0.3) is 5.91 Å². The number of amides is 1. The first-order valence-electron chi connectivity index (χ1n) is 4.77. The van der Waals surface area contributed by atoms with E-state index in [1.165, 1.54) is 4.68 Å². The number of nitrogens with one attached hydrogen (secondary N) is 1. The number of carbonyl (C=O) groups is 1. The normalized spacial score (nSPS) is 10.1. The van der Waals surface area contributed by atoms with Gasteiger partial charge in [-0.2, -0.15) is 10.1 Å². The summed E-state index contributed by atoms with van der Waals surface area (Å²) >= 11 is 0. The maximum Gasteiger partial charge on any atom is 0.276 e. The van der Waals surface area contributed by atoms with Crippen molar-refractivity contribution < 1.29 is 4.79 Å². The van der Waals surface area contributed by atoms with Crippen LogP contribution in [0.3, 0.4) is 0 Å². The van der Waals surface area contributed by atoms with Gasteiger partial charge in [-0.1, -0.05) is 6.07 Å². The van der Waals surface area contributed by atoms with E-state index < -0.39 is 0 Å². The Balaban J connectivity index is 2.17. The summed E-state index contributed by atoms with van der Waals surface area (Å²) < 4.78 is 1.51. The van der Waals surface area contributed by atoms with E-state index in [0.717, 1.165) is 0 Å². The number of nitrogens with zero attached hydrogens (tertiary/aromatic N) is 4. The van der Waals surface area contributed by atoms with Crippen molar-refractivity contribution in [2.45, 2.75) is 6.92 Å². The number of pyridine rings is 1. The van der Waals surface area contributed by atoms with Crippen LogP contribution in [0.1, 0.15) is 16.3 Å². The average molecular weight is 217 g/mol. The largest absolute Gasteiger partial charge is 0.289 e. The van der Waals surface area contributed by atoms with Crippen LogP contribution >= 0.6 is 0 Å². The number of aromatic nitrogens is 4. The monoisotopic (exact) mass is 217 g/mol. The molecular formula is C10H11N5O. The van der Waals surface area contributed by atoms with Crippen LogP contribution in [0.2, 0.25) is 0 Å². The first-order valence-corrected chi connectivity index (χ1v) is 4.77. The van der Waals surface area contributed by atoms with Crippen LogP contribution in [0.25, 0.3) is 0 Å². The summed E-state index contributed by atoms with van der Waals surface area (Å²) in [5.41, 5.74) is 0.350. The Morgan fingerprint density at radius 2 is 2.25 bits per heavy atom. The smallest absolute Gasteiger partial charge is 0.276 e. The third kappa shape index (κ3) is 2.05. The van der Waals surface area contributed by atoms with Crippen LogP contribution in [-0.4, -0.2) is 25.7 Å². The molecule has 0 aromatic carbocycles. The number of aryl methyl sites for hydroxylation is 2. The molecule has 16 heavy (non-hydrogen) atoms. The van der Waals surface area contributed by atoms with Crippen molar-refractivity contribution in [3.63, 3.8) is 0 Å². The zero-order valence-electron chi connectivity index (χ0n) is 9.01. The lowest BCUT2D eigenvalue weighted by atomic mass is 10.3. The summed E-state index contributed by atoms with van der Waals surface area (Å²) in [6.07, 6.45) is 1.57. The minimum Gasteiger partial charge on any atom is -0.289 e. The van der Waals surface area contributed by atoms with Gasteiger partial charge in [0, 0.05) is 13.2 Å². The second-order valence-electron chi connectivity index (χ2n) is 3.28. The molecule has 0 spiro atoms. The second kappa shape index (κ2) is 4.09. The van der Waals surface area contributed by atoms with Crippen molar-refractivity contribution in [1.82, 2.24) is 19.7 Å². The maximum absolute atomic E-state index is 11.7. The van der Waals surface area contributed by atoms with Crippen molar-refractivity contribution in [2.24, 2.45) is 7.05 Å². The number of anilines is 1.